The van der Waals surface area contributed by atoms with Gasteiger partial charge in [-0.15, -0.1) is 0 Å². The van der Waals surface area contributed by atoms with E-state index in [0.717, 1.165) is 0 Å². The minimum Gasteiger partial charge on any atom is -0.197 e. The molecule has 88 valence electrons. The molecule has 2 unspecified atom stereocenters. The van der Waals surface area contributed by atoms with Crippen molar-refractivity contribution in [2.75, 3.05) is 13.3 Å². The predicted molar refractivity (Wildman–Crippen MR) is 74.6 cm³/mol. The fourth-order valence-corrected chi connectivity index (χ4v) is 7.14. The van der Waals surface area contributed by atoms with Crippen molar-refractivity contribution in [2.45, 2.75) is 57.3 Å². The molecular weight excluding hydrogens is 220 g/mol. The zero-order valence-corrected chi connectivity index (χ0v) is 13.2. The lowest BCUT2D eigenvalue weighted by molar-refractivity contribution is 0.773. The Balaban J connectivity index is 4.89. The number of nitriles is 1. The Hall–Kier alpha value is 0.350. The van der Waals surface area contributed by atoms with Crippen LogP contribution in [0.1, 0.15) is 41.5 Å². The molecular formula is C12H25NP2. The Morgan fingerprint density at radius 2 is 1.13 bits per heavy atom. The maximum atomic E-state index is 9.38. The van der Waals surface area contributed by atoms with Gasteiger partial charge in [0.05, 0.1) is 11.5 Å². The van der Waals surface area contributed by atoms with Crippen molar-refractivity contribution >= 4 is 15.8 Å². The highest BCUT2D eigenvalue weighted by molar-refractivity contribution is 7.77. The monoisotopic (exact) mass is 245 g/mol. The van der Waals surface area contributed by atoms with Crippen LogP contribution in [0.3, 0.4) is 0 Å². The van der Waals surface area contributed by atoms with Crippen molar-refractivity contribution < 1.29 is 0 Å². The fraction of sp³-hybridized carbons (Fsp3) is 0.917. The molecule has 15 heavy (non-hydrogen) atoms. The molecule has 0 heterocycles. The molecule has 3 heteroatoms. The summed E-state index contributed by atoms with van der Waals surface area (Å²) in [6.07, 6.45) is 0. The Morgan fingerprint density at radius 1 is 0.867 bits per heavy atom. The lowest BCUT2D eigenvalue weighted by atomic mass is 10.3. The van der Waals surface area contributed by atoms with Crippen molar-refractivity contribution in [2.24, 2.45) is 0 Å². The van der Waals surface area contributed by atoms with Crippen LogP contribution in [0.25, 0.3) is 0 Å². The van der Waals surface area contributed by atoms with Gasteiger partial charge in [-0.25, -0.2) is 0 Å². The van der Waals surface area contributed by atoms with E-state index in [2.05, 4.69) is 60.9 Å². The molecule has 0 fully saturated rings. The van der Waals surface area contributed by atoms with Crippen LogP contribution in [-0.2, 0) is 0 Å². The van der Waals surface area contributed by atoms with E-state index in [-0.39, 0.29) is 31.6 Å². The summed E-state index contributed by atoms with van der Waals surface area (Å²) in [7, 11) is -0.442. The smallest absolute Gasteiger partial charge is 0.0858 e. The summed E-state index contributed by atoms with van der Waals surface area (Å²) in [6, 6.07) is 2.57. The first kappa shape index (κ1) is 15.3. The Labute approximate surface area is 98.1 Å². The highest BCUT2D eigenvalue weighted by Crippen LogP contribution is 2.65. The van der Waals surface area contributed by atoms with E-state index in [4.69, 9.17) is 0 Å². The summed E-state index contributed by atoms with van der Waals surface area (Å²) in [5.41, 5.74) is 0. The fourth-order valence-electron chi connectivity index (χ4n) is 1.17. The molecule has 0 aromatic heterocycles. The normalized spacial score (nSPS) is 19.1. The molecule has 2 atom stereocenters. The van der Waals surface area contributed by atoms with E-state index in [1.54, 1.807) is 0 Å². The van der Waals surface area contributed by atoms with Gasteiger partial charge in [0.1, 0.15) is 0 Å². The first-order valence-corrected chi connectivity index (χ1v) is 9.09. The molecule has 0 aromatic carbocycles. The van der Waals surface area contributed by atoms with E-state index in [9.17, 15) is 5.26 Å². The van der Waals surface area contributed by atoms with Gasteiger partial charge in [0, 0.05) is 0 Å². The molecule has 0 aliphatic rings. The van der Waals surface area contributed by atoms with Gasteiger partial charge in [0.25, 0.3) is 0 Å². The molecule has 1 nitrogen and oxygen atoms in total. The molecule has 0 amide bonds. The summed E-state index contributed by atoms with van der Waals surface area (Å²) >= 11 is 0. The van der Waals surface area contributed by atoms with Crippen molar-refractivity contribution in [1.29, 1.82) is 5.26 Å². The van der Waals surface area contributed by atoms with Crippen molar-refractivity contribution in [3.05, 3.63) is 0 Å². The Bertz CT molecular complexity index is 222. The Morgan fingerprint density at radius 3 is 1.27 bits per heavy atom. The van der Waals surface area contributed by atoms with Crippen LogP contribution >= 0.6 is 15.8 Å². The number of rotatable bonds is 2. The van der Waals surface area contributed by atoms with Crippen LogP contribution in [0, 0.1) is 11.3 Å². The number of hydrogen-bond donors (Lipinski definition) is 0. The molecule has 0 aliphatic carbocycles. The zero-order valence-electron chi connectivity index (χ0n) is 11.4. The lowest BCUT2D eigenvalue weighted by Gasteiger charge is -2.39. The third-order valence-electron chi connectivity index (χ3n) is 2.97. The van der Waals surface area contributed by atoms with Gasteiger partial charge in [-0.05, 0) is 23.6 Å². The average Bonchev–Trinajstić information content (AvgIpc) is 2.01. The highest BCUT2D eigenvalue weighted by atomic mass is 31.2. The number of hydrogen-bond acceptors (Lipinski definition) is 1. The topological polar surface area (TPSA) is 23.8 Å². The van der Waals surface area contributed by atoms with Crippen molar-refractivity contribution in [3.63, 3.8) is 0 Å². The van der Waals surface area contributed by atoms with Gasteiger partial charge in [0.2, 0.25) is 0 Å². The largest absolute Gasteiger partial charge is 0.197 e. The van der Waals surface area contributed by atoms with Crippen LogP contribution in [0.4, 0.5) is 0 Å². The van der Waals surface area contributed by atoms with Gasteiger partial charge in [-0.3, -0.25) is 0 Å². The second kappa shape index (κ2) is 5.12. The maximum absolute atomic E-state index is 9.38. The molecule has 0 aromatic rings. The molecule has 0 spiro atoms. The predicted octanol–water partition coefficient (Wildman–Crippen LogP) is 4.66. The maximum Gasteiger partial charge on any atom is 0.0858 e. The van der Waals surface area contributed by atoms with Crippen molar-refractivity contribution in [3.8, 4) is 6.07 Å². The highest BCUT2D eigenvalue weighted by Gasteiger charge is 2.36. The zero-order chi connectivity index (χ0) is 12.4. The third kappa shape index (κ3) is 4.38. The van der Waals surface area contributed by atoms with Gasteiger partial charge in [0.15, 0.2) is 0 Å². The summed E-state index contributed by atoms with van der Waals surface area (Å²) in [5.74, 6) is 0. The van der Waals surface area contributed by atoms with Crippen LogP contribution in [0.5, 0.6) is 0 Å². The molecule has 0 rings (SSSR count). The van der Waals surface area contributed by atoms with Gasteiger partial charge >= 0.3 is 0 Å². The summed E-state index contributed by atoms with van der Waals surface area (Å²) in [4.78, 5) is 0. The minimum absolute atomic E-state index is 0.221. The SMILES string of the molecule is CP(C(C#N)P(C)C(C)(C)C)C(C)(C)C. The minimum atomic E-state index is -0.221. The second-order valence-electron chi connectivity index (χ2n) is 6.07. The first-order valence-electron chi connectivity index (χ1n) is 5.37. The molecule has 0 saturated heterocycles. The van der Waals surface area contributed by atoms with E-state index < -0.39 is 0 Å². The summed E-state index contributed by atoms with van der Waals surface area (Å²) < 4.78 is 0. The molecule has 0 aliphatic heterocycles. The van der Waals surface area contributed by atoms with Crippen molar-refractivity contribution in [1.82, 2.24) is 0 Å². The van der Waals surface area contributed by atoms with Gasteiger partial charge < -0.3 is 0 Å². The van der Waals surface area contributed by atoms with Crippen LogP contribution in [0.15, 0.2) is 0 Å². The molecule has 0 radical (unpaired) electrons. The van der Waals surface area contributed by atoms with E-state index >= 15 is 0 Å². The molecule has 0 N–H and O–H groups in total. The van der Waals surface area contributed by atoms with Crippen LogP contribution in [0.2, 0.25) is 0 Å². The molecule has 0 bridgehead atoms. The summed E-state index contributed by atoms with van der Waals surface area (Å²) in [5, 5.41) is 10.2. The van der Waals surface area contributed by atoms with Crippen LogP contribution < -0.4 is 0 Å². The molecule has 0 saturated carbocycles. The van der Waals surface area contributed by atoms with E-state index in [0.29, 0.717) is 0 Å². The van der Waals surface area contributed by atoms with Gasteiger partial charge in [-0.2, -0.15) is 5.26 Å². The van der Waals surface area contributed by atoms with Crippen LogP contribution in [-0.4, -0.2) is 29.0 Å². The second-order valence-corrected chi connectivity index (χ2v) is 12.6. The summed E-state index contributed by atoms with van der Waals surface area (Å²) in [6.45, 7) is 18.1. The average molecular weight is 245 g/mol. The standard InChI is InChI=1S/C12H25NP2/c1-11(2,3)14(7)10(9-13)15(8)12(4,5)6/h10H,1-8H3. The third-order valence-corrected chi connectivity index (χ3v) is 11.0. The number of nitrogens with zero attached hydrogens (tertiary/aromatic N) is 1. The lowest BCUT2D eigenvalue weighted by Crippen LogP contribution is -2.23. The first-order chi connectivity index (χ1) is 6.51. The Kier molecular flexibility index (Phi) is 5.24. The quantitative estimate of drug-likeness (QED) is 0.649. The van der Waals surface area contributed by atoms with Gasteiger partial charge in [-0.1, -0.05) is 57.4 Å². The van der Waals surface area contributed by atoms with E-state index in [1.807, 2.05) is 0 Å². The van der Waals surface area contributed by atoms with E-state index in [1.165, 1.54) is 0 Å².